The van der Waals surface area contributed by atoms with Gasteiger partial charge >= 0.3 is 5.63 Å². The smallest absolute Gasteiger partial charge is 0.345 e. The normalized spacial score (nSPS) is 11.4. The molecule has 0 amide bonds. The first-order valence-corrected chi connectivity index (χ1v) is 7.65. The molecule has 0 N–H and O–H groups in total. The number of imidazole rings is 1. The fraction of sp³-hybridized carbons (Fsp3) is 0.0588. The van der Waals surface area contributed by atoms with Crippen LogP contribution in [0.3, 0.4) is 0 Å². The van der Waals surface area contributed by atoms with E-state index in [0.29, 0.717) is 32.3 Å². The number of hydrogen-bond acceptors (Lipinski definition) is 3. The van der Waals surface area contributed by atoms with Gasteiger partial charge in [-0.25, -0.2) is 9.78 Å². The van der Waals surface area contributed by atoms with E-state index in [2.05, 4.69) is 4.98 Å². The van der Waals surface area contributed by atoms with Crippen LogP contribution in [0.25, 0.3) is 27.9 Å². The van der Waals surface area contributed by atoms with Crippen LogP contribution in [0.15, 0.2) is 51.9 Å². The van der Waals surface area contributed by atoms with Gasteiger partial charge in [-0.1, -0.05) is 23.2 Å². The zero-order chi connectivity index (χ0) is 16.1. The molecule has 3 heterocycles. The van der Waals surface area contributed by atoms with Crippen molar-refractivity contribution in [3.63, 3.8) is 0 Å². The fourth-order valence-electron chi connectivity index (χ4n) is 2.55. The van der Waals surface area contributed by atoms with Gasteiger partial charge < -0.3 is 8.82 Å². The number of aromatic nitrogens is 2. The molecule has 0 saturated heterocycles. The van der Waals surface area contributed by atoms with Crippen LogP contribution in [0.2, 0.25) is 10.0 Å². The third-order valence-electron chi connectivity index (χ3n) is 3.64. The first-order valence-electron chi connectivity index (χ1n) is 6.90. The van der Waals surface area contributed by atoms with Crippen LogP contribution in [-0.4, -0.2) is 9.38 Å². The molecule has 4 rings (SSSR count). The number of benzene rings is 1. The molecule has 0 bridgehead atoms. The van der Waals surface area contributed by atoms with Crippen LogP contribution >= 0.6 is 23.2 Å². The van der Waals surface area contributed by atoms with Crippen molar-refractivity contribution in [3.05, 3.63) is 68.8 Å². The zero-order valence-corrected chi connectivity index (χ0v) is 13.5. The van der Waals surface area contributed by atoms with E-state index < -0.39 is 5.63 Å². The molecule has 0 unspecified atom stereocenters. The monoisotopic (exact) mass is 344 g/mol. The lowest BCUT2D eigenvalue weighted by Gasteiger charge is -2.02. The average molecular weight is 345 g/mol. The Labute approximate surface area is 140 Å². The van der Waals surface area contributed by atoms with Crippen molar-refractivity contribution in [1.29, 1.82) is 0 Å². The van der Waals surface area contributed by atoms with Crippen molar-refractivity contribution in [2.24, 2.45) is 0 Å². The predicted octanol–water partition coefficient (Wildman–Crippen LogP) is 4.72. The maximum Gasteiger partial charge on any atom is 0.345 e. The largest absolute Gasteiger partial charge is 0.421 e. The average Bonchev–Trinajstić information content (AvgIpc) is 2.90. The SMILES string of the molecule is Cc1ccn2cc(-c3cc4cc(Cl)cc(Cl)c4oc3=O)nc2c1. The first-order chi connectivity index (χ1) is 11.0. The summed E-state index contributed by atoms with van der Waals surface area (Å²) >= 11 is 12.1. The third-order valence-corrected chi connectivity index (χ3v) is 4.14. The minimum absolute atomic E-state index is 0.307. The minimum atomic E-state index is -0.484. The molecular weight excluding hydrogens is 335 g/mol. The Bertz CT molecular complexity index is 1130. The number of aryl methyl sites for hydroxylation is 1. The number of nitrogens with zero attached hydrogens (tertiary/aromatic N) is 2. The molecule has 0 fully saturated rings. The van der Waals surface area contributed by atoms with Gasteiger partial charge in [0, 0.05) is 22.8 Å². The minimum Gasteiger partial charge on any atom is -0.421 e. The van der Waals surface area contributed by atoms with E-state index in [9.17, 15) is 4.79 Å². The summed E-state index contributed by atoms with van der Waals surface area (Å²) in [6.07, 6.45) is 3.69. The highest BCUT2D eigenvalue weighted by Gasteiger charge is 2.13. The highest BCUT2D eigenvalue weighted by molar-refractivity contribution is 6.38. The van der Waals surface area contributed by atoms with Crippen LogP contribution in [0, 0.1) is 6.92 Å². The molecule has 1 aromatic carbocycles. The summed E-state index contributed by atoms with van der Waals surface area (Å²) in [5, 5.41) is 1.44. The van der Waals surface area contributed by atoms with E-state index in [1.54, 1.807) is 24.4 Å². The Morgan fingerprint density at radius 2 is 2.00 bits per heavy atom. The molecule has 0 aliphatic heterocycles. The van der Waals surface area contributed by atoms with E-state index in [1.807, 2.05) is 29.7 Å². The van der Waals surface area contributed by atoms with Gasteiger partial charge in [-0.15, -0.1) is 0 Å². The van der Waals surface area contributed by atoms with Crippen molar-refractivity contribution < 1.29 is 4.42 Å². The lowest BCUT2D eigenvalue weighted by molar-refractivity contribution is 0.563. The summed E-state index contributed by atoms with van der Waals surface area (Å²) in [7, 11) is 0. The van der Waals surface area contributed by atoms with Crippen LogP contribution in [0.5, 0.6) is 0 Å². The molecule has 0 saturated carbocycles. The number of pyridine rings is 1. The molecule has 0 aliphatic rings. The highest BCUT2D eigenvalue weighted by atomic mass is 35.5. The topological polar surface area (TPSA) is 47.5 Å². The number of rotatable bonds is 1. The van der Waals surface area contributed by atoms with Gasteiger partial charge in [-0.05, 0) is 42.8 Å². The Morgan fingerprint density at radius 1 is 1.17 bits per heavy atom. The molecule has 4 nitrogen and oxygen atoms in total. The maximum absolute atomic E-state index is 12.3. The van der Waals surface area contributed by atoms with E-state index in [1.165, 1.54) is 0 Å². The summed E-state index contributed by atoms with van der Waals surface area (Å²) in [6, 6.07) is 8.87. The Hall–Kier alpha value is -2.30. The summed E-state index contributed by atoms with van der Waals surface area (Å²) in [6.45, 7) is 1.99. The summed E-state index contributed by atoms with van der Waals surface area (Å²) < 4.78 is 7.22. The van der Waals surface area contributed by atoms with Gasteiger partial charge in [0.25, 0.3) is 0 Å². The van der Waals surface area contributed by atoms with Crippen molar-refractivity contribution in [1.82, 2.24) is 9.38 Å². The Morgan fingerprint density at radius 3 is 2.83 bits per heavy atom. The second-order valence-electron chi connectivity index (χ2n) is 5.35. The van der Waals surface area contributed by atoms with Gasteiger partial charge in [-0.2, -0.15) is 0 Å². The van der Waals surface area contributed by atoms with Gasteiger partial charge in [0.05, 0.1) is 16.3 Å². The second kappa shape index (κ2) is 5.11. The third kappa shape index (κ3) is 2.40. The molecule has 6 heteroatoms. The predicted molar refractivity (Wildman–Crippen MR) is 91.4 cm³/mol. The van der Waals surface area contributed by atoms with Crippen LogP contribution in [0.1, 0.15) is 5.56 Å². The molecule has 0 radical (unpaired) electrons. The van der Waals surface area contributed by atoms with E-state index >= 15 is 0 Å². The lowest BCUT2D eigenvalue weighted by atomic mass is 10.1. The Balaban J connectivity index is 1.99. The quantitative estimate of drug-likeness (QED) is 0.469. The van der Waals surface area contributed by atoms with Crippen molar-refractivity contribution >= 4 is 39.8 Å². The van der Waals surface area contributed by atoms with Crippen molar-refractivity contribution in [2.75, 3.05) is 0 Å². The van der Waals surface area contributed by atoms with E-state index in [-0.39, 0.29) is 0 Å². The van der Waals surface area contributed by atoms with Crippen molar-refractivity contribution in [3.8, 4) is 11.3 Å². The van der Waals surface area contributed by atoms with Gasteiger partial charge in [0.15, 0.2) is 5.58 Å². The number of hydrogen-bond donors (Lipinski definition) is 0. The summed E-state index contributed by atoms with van der Waals surface area (Å²) in [5.74, 6) is 0. The lowest BCUT2D eigenvalue weighted by Crippen LogP contribution is -2.03. The fourth-order valence-corrected chi connectivity index (χ4v) is 3.10. The van der Waals surface area contributed by atoms with Crippen LogP contribution in [0.4, 0.5) is 0 Å². The van der Waals surface area contributed by atoms with Crippen LogP contribution in [-0.2, 0) is 0 Å². The van der Waals surface area contributed by atoms with Crippen LogP contribution < -0.4 is 5.63 Å². The molecule has 3 aromatic heterocycles. The number of fused-ring (bicyclic) bond motifs is 2. The van der Waals surface area contributed by atoms with Gasteiger partial charge in [0.1, 0.15) is 5.65 Å². The molecule has 4 aromatic rings. The Kier molecular flexibility index (Phi) is 3.18. The number of halogens is 2. The van der Waals surface area contributed by atoms with Crippen molar-refractivity contribution in [2.45, 2.75) is 6.92 Å². The highest BCUT2D eigenvalue weighted by Crippen LogP contribution is 2.29. The molecule has 0 aliphatic carbocycles. The molecule has 114 valence electrons. The zero-order valence-electron chi connectivity index (χ0n) is 12.0. The molecule has 0 spiro atoms. The maximum atomic E-state index is 12.3. The summed E-state index contributed by atoms with van der Waals surface area (Å²) in [5.41, 5.74) is 2.62. The van der Waals surface area contributed by atoms with E-state index in [4.69, 9.17) is 27.6 Å². The molecule has 0 atom stereocenters. The van der Waals surface area contributed by atoms with Gasteiger partial charge in [-0.3, -0.25) is 0 Å². The standard InChI is InChI=1S/C17H10Cl2N2O2/c1-9-2-3-21-8-14(20-15(21)4-9)12-6-10-5-11(18)7-13(19)16(10)23-17(12)22/h2-8H,1H3. The molecule has 23 heavy (non-hydrogen) atoms. The van der Waals surface area contributed by atoms with Gasteiger partial charge in [0.2, 0.25) is 0 Å². The van der Waals surface area contributed by atoms with E-state index in [0.717, 1.165) is 11.2 Å². The molecular formula is C17H10Cl2N2O2. The second-order valence-corrected chi connectivity index (χ2v) is 6.19. The first kappa shape index (κ1) is 14.3. The summed E-state index contributed by atoms with van der Waals surface area (Å²) in [4.78, 5) is 16.8.